The number of benzene rings is 2. The van der Waals surface area contributed by atoms with Gasteiger partial charge in [0.05, 0.1) is 0 Å². The Morgan fingerprint density at radius 2 is 1.24 bits per heavy atom. The van der Waals surface area contributed by atoms with Crippen LogP contribution in [0.25, 0.3) is 0 Å². The SMILES string of the molecule is CCC(C)(C)c1ccc(O)cc1.CCCCCCc1ccc(O)cc1. The largest absolute Gasteiger partial charge is 0.508 e. The van der Waals surface area contributed by atoms with E-state index >= 15 is 0 Å². The van der Waals surface area contributed by atoms with Crippen molar-refractivity contribution in [3.63, 3.8) is 0 Å². The van der Waals surface area contributed by atoms with Crippen molar-refractivity contribution in [3.05, 3.63) is 59.7 Å². The van der Waals surface area contributed by atoms with Crippen LogP contribution >= 0.6 is 0 Å². The van der Waals surface area contributed by atoms with E-state index in [9.17, 15) is 0 Å². The van der Waals surface area contributed by atoms with E-state index < -0.39 is 0 Å². The maximum Gasteiger partial charge on any atom is 0.115 e. The van der Waals surface area contributed by atoms with Gasteiger partial charge < -0.3 is 10.2 Å². The third kappa shape index (κ3) is 8.11. The first-order valence-electron chi connectivity index (χ1n) is 9.46. The van der Waals surface area contributed by atoms with Crippen LogP contribution in [0.15, 0.2) is 48.5 Å². The highest BCUT2D eigenvalue weighted by molar-refractivity contribution is 5.30. The van der Waals surface area contributed by atoms with Gasteiger partial charge in [-0.2, -0.15) is 0 Å². The molecule has 2 rings (SSSR count). The monoisotopic (exact) mass is 342 g/mol. The molecule has 0 saturated heterocycles. The van der Waals surface area contributed by atoms with Crippen LogP contribution in [-0.4, -0.2) is 10.2 Å². The lowest BCUT2D eigenvalue weighted by molar-refractivity contribution is 0.471. The number of aromatic hydroxyl groups is 2. The molecule has 0 fully saturated rings. The molecule has 0 saturated carbocycles. The Morgan fingerprint density at radius 1 is 0.720 bits per heavy atom. The van der Waals surface area contributed by atoms with Crippen molar-refractivity contribution < 1.29 is 10.2 Å². The van der Waals surface area contributed by atoms with Crippen LogP contribution in [0.1, 0.15) is 70.9 Å². The molecule has 138 valence electrons. The highest BCUT2D eigenvalue weighted by Crippen LogP contribution is 2.27. The second-order valence-corrected chi connectivity index (χ2v) is 7.26. The number of phenols is 2. The first kappa shape index (κ1) is 21.1. The van der Waals surface area contributed by atoms with Crippen molar-refractivity contribution in [1.82, 2.24) is 0 Å². The van der Waals surface area contributed by atoms with E-state index in [4.69, 9.17) is 10.2 Å². The molecule has 0 unspecified atom stereocenters. The van der Waals surface area contributed by atoms with E-state index in [1.165, 1.54) is 36.8 Å². The predicted octanol–water partition coefficient (Wildman–Crippen LogP) is 6.59. The summed E-state index contributed by atoms with van der Waals surface area (Å²) < 4.78 is 0. The average molecular weight is 343 g/mol. The molecule has 0 amide bonds. The Kier molecular flexibility index (Phi) is 9.12. The van der Waals surface area contributed by atoms with E-state index in [0.717, 1.165) is 12.8 Å². The second-order valence-electron chi connectivity index (χ2n) is 7.26. The fourth-order valence-corrected chi connectivity index (χ4v) is 2.54. The molecule has 2 aromatic carbocycles. The zero-order valence-electron chi connectivity index (χ0n) is 16.3. The highest BCUT2D eigenvalue weighted by atomic mass is 16.3. The van der Waals surface area contributed by atoms with Crippen LogP contribution in [-0.2, 0) is 11.8 Å². The molecule has 2 aromatic rings. The topological polar surface area (TPSA) is 40.5 Å². The summed E-state index contributed by atoms with van der Waals surface area (Å²) in [5, 5.41) is 18.2. The number of aryl methyl sites for hydroxylation is 1. The molecule has 2 heteroatoms. The van der Waals surface area contributed by atoms with Gasteiger partial charge in [-0.25, -0.2) is 0 Å². The van der Waals surface area contributed by atoms with Crippen molar-refractivity contribution in [2.75, 3.05) is 0 Å². The molecule has 2 N–H and O–H groups in total. The van der Waals surface area contributed by atoms with Crippen LogP contribution in [0.3, 0.4) is 0 Å². The van der Waals surface area contributed by atoms with Crippen LogP contribution in [0.4, 0.5) is 0 Å². The normalized spacial score (nSPS) is 10.9. The Bertz CT molecular complexity index is 582. The van der Waals surface area contributed by atoms with Gasteiger partial charge in [0.25, 0.3) is 0 Å². The first-order valence-corrected chi connectivity index (χ1v) is 9.46. The van der Waals surface area contributed by atoms with E-state index in [-0.39, 0.29) is 5.41 Å². The Labute approximate surface area is 153 Å². The van der Waals surface area contributed by atoms with Gasteiger partial charge in [-0.1, -0.05) is 71.2 Å². The average Bonchev–Trinajstić information content (AvgIpc) is 2.61. The molecular weight excluding hydrogens is 308 g/mol. The molecule has 0 bridgehead atoms. The molecular formula is C23H34O2. The standard InChI is InChI=1S/C12H18O.C11H16O/c1-2-3-4-5-6-11-7-9-12(13)10-8-11;1-4-11(2,3)9-5-7-10(12)8-6-9/h7-10,13H,2-6H2,1H3;5-8,12H,4H2,1-3H3. The van der Waals surface area contributed by atoms with Crippen molar-refractivity contribution >= 4 is 0 Å². The second kappa shape index (κ2) is 10.8. The fourth-order valence-electron chi connectivity index (χ4n) is 2.54. The third-order valence-electron chi connectivity index (χ3n) is 4.79. The van der Waals surface area contributed by atoms with Crippen LogP contribution in [0, 0.1) is 0 Å². The van der Waals surface area contributed by atoms with Gasteiger partial charge in [0.2, 0.25) is 0 Å². The van der Waals surface area contributed by atoms with Gasteiger partial charge in [-0.3, -0.25) is 0 Å². The summed E-state index contributed by atoms with van der Waals surface area (Å²) in [5.41, 5.74) is 2.82. The van der Waals surface area contributed by atoms with Gasteiger partial charge in [0.1, 0.15) is 11.5 Å². The molecule has 0 aliphatic rings. The van der Waals surface area contributed by atoms with E-state index in [1.54, 1.807) is 24.3 Å². The minimum absolute atomic E-state index is 0.216. The van der Waals surface area contributed by atoms with Crippen molar-refractivity contribution in [3.8, 4) is 11.5 Å². The quantitative estimate of drug-likeness (QED) is 0.557. The fraction of sp³-hybridized carbons (Fsp3) is 0.478. The lowest BCUT2D eigenvalue weighted by Gasteiger charge is -2.22. The van der Waals surface area contributed by atoms with Gasteiger partial charge in [0.15, 0.2) is 0 Å². The maximum absolute atomic E-state index is 9.10. The predicted molar refractivity (Wildman–Crippen MR) is 107 cm³/mol. The lowest BCUT2D eigenvalue weighted by Crippen LogP contribution is -2.14. The van der Waals surface area contributed by atoms with E-state index in [2.05, 4.69) is 27.7 Å². The molecule has 0 radical (unpaired) electrons. The van der Waals surface area contributed by atoms with Crippen molar-refractivity contribution in [2.45, 2.75) is 71.6 Å². The van der Waals surface area contributed by atoms with Gasteiger partial charge in [0, 0.05) is 0 Å². The summed E-state index contributed by atoms with van der Waals surface area (Å²) >= 11 is 0. The molecule has 25 heavy (non-hydrogen) atoms. The minimum atomic E-state index is 0.216. The molecule has 0 aliphatic heterocycles. The smallest absolute Gasteiger partial charge is 0.115 e. The lowest BCUT2D eigenvalue weighted by atomic mass is 9.82. The van der Waals surface area contributed by atoms with Crippen LogP contribution < -0.4 is 0 Å². The molecule has 0 atom stereocenters. The third-order valence-corrected chi connectivity index (χ3v) is 4.79. The summed E-state index contributed by atoms with van der Waals surface area (Å²) in [7, 11) is 0. The number of rotatable bonds is 7. The van der Waals surface area contributed by atoms with Crippen LogP contribution in [0.2, 0.25) is 0 Å². The van der Waals surface area contributed by atoms with Crippen LogP contribution in [0.5, 0.6) is 11.5 Å². The zero-order valence-corrected chi connectivity index (χ0v) is 16.3. The molecule has 0 aromatic heterocycles. The summed E-state index contributed by atoms with van der Waals surface area (Å²) in [6.45, 7) is 8.81. The summed E-state index contributed by atoms with van der Waals surface area (Å²) in [6, 6.07) is 15.0. The number of phenolic OH excluding ortho intramolecular Hbond substituents is 2. The molecule has 0 spiro atoms. The van der Waals surface area contributed by atoms with Crippen molar-refractivity contribution in [2.24, 2.45) is 0 Å². The Morgan fingerprint density at radius 3 is 1.72 bits per heavy atom. The number of unbranched alkanes of at least 4 members (excludes halogenated alkanes) is 3. The van der Waals surface area contributed by atoms with Gasteiger partial charge in [-0.15, -0.1) is 0 Å². The summed E-state index contributed by atoms with van der Waals surface area (Å²) in [4.78, 5) is 0. The number of hydrogen-bond acceptors (Lipinski definition) is 2. The molecule has 0 heterocycles. The maximum atomic E-state index is 9.10. The van der Waals surface area contributed by atoms with E-state index in [1.807, 2.05) is 24.3 Å². The summed E-state index contributed by atoms with van der Waals surface area (Å²) in [6.07, 6.45) is 7.45. The number of hydrogen-bond donors (Lipinski definition) is 2. The summed E-state index contributed by atoms with van der Waals surface area (Å²) in [5.74, 6) is 0.697. The Balaban J connectivity index is 0.000000251. The zero-order chi connectivity index (χ0) is 18.7. The molecule has 2 nitrogen and oxygen atoms in total. The highest BCUT2D eigenvalue weighted by Gasteiger charge is 2.17. The minimum Gasteiger partial charge on any atom is -0.508 e. The Hall–Kier alpha value is -1.96. The van der Waals surface area contributed by atoms with Gasteiger partial charge >= 0.3 is 0 Å². The van der Waals surface area contributed by atoms with Crippen molar-refractivity contribution in [1.29, 1.82) is 0 Å². The first-order chi connectivity index (χ1) is 11.9. The molecule has 0 aliphatic carbocycles. The van der Waals surface area contributed by atoms with Gasteiger partial charge in [-0.05, 0) is 60.1 Å². The van der Waals surface area contributed by atoms with E-state index in [0.29, 0.717) is 11.5 Å².